The Bertz CT molecular complexity index is 833. The van der Waals surface area contributed by atoms with Crippen molar-refractivity contribution in [2.45, 2.75) is 32.3 Å². The highest BCUT2D eigenvalue weighted by atomic mass is 79.9. The molecule has 154 valence electrons. The van der Waals surface area contributed by atoms with Gasteiger partial charge in [-0.05, 0) is 62.8 Å². The second-order valence-corrected chi connectivity index (χ2v) is 8.27. The molecule has 0 unspecified atom stereocenters. The van der Waals surface area contributed by atoms with Crippen molar-refractivity contribution >= 4 is 21.6 Å². The largest absolute Gasteiger partial charge is 0.494 e. The van der Waals surface area contributed by atoms with Crippen molar-refractivity contribution in [2.75, 3.05) is 26.7 Å². The fourth-order valence-corrected chi connectivity index (χ4v) is 3.79. The Kier molecular flexibility index (Phi) is 8.32. The first kappa shape index (κ1) is 21.6. The van der Waals surface area contributed by atoms with Crippen LogP contribution in [-0.4, -0.2) is 37.4 Å². The predicted octanol–water partition coefficient (Wildman–Crippen LogP) is 5.79. The molecule has 1 heterocycles. The lowest BCUT2D eigenvalue weighted by Crippen LogP contribution is -2.19. The van der Waals surface area contributed by atoms with Gasteiger partial charge in [-0.1, -0.05) is 46.1 Å². The highest BCUT2D eigenvalue weighted by molar-refractivity contribution is 9.10. The van der Waals surface area contributed by atoms with Gasteiger partial charge in [-0.2, -0.15) is 0 Å². The molecule has 0 fully saturated rings. The molecule has 2 aromatic carbocycles. The zero-order valence-corrected chi connectivity index (χ0v) is 18.7. The summed E-state index contributed by atoms with van der Waals surface area (Å²) < 4.78 is 6.95. The Balaban J connectivity index is 1.43. The quantitative estimate of drug-likeness (QED) is 0.317. The van der Waals surface area contributed by atoms with E-state index in [1.165, 1.54) is 19.3 Å². The van der Waals surface area contributed by atoms with Crippen LogP contribution in [0.3, 0.4) is 0 Å². The average Bonchev–Trinajstić information content (AvgIpc) is 2.73. The molecule has 2 aromatic rings. The SMILES string of the molecule is C=CCN(C)CCCCCCOc1ccc(C2=NOCc3cc(Br)ccc32)cc1. The van der Waals surface area contributed by atoms with Crippen molar-refractivity contribution in [1.29, 1.82) is 0 Å². The number of oxime groups is 1. The first-order valence-electron chi connectivity index (χ1n) is 10.2. The molecule has 0 aromatic heterocycles. The van der Waals surface area contributed by atoms with Gasteiger partial charge < -0.3 is 14.5 Å². The zero-order chi connectivity index (χ0) is 20.5. The van der Waals surface area contributed by atoms with Crippen LogP contribution in [0.15, 0.2) is 64.7 Å². The Morgan fingerprint density at radius 2 is 1.93 bits per heavy atom. The third-order valence-electron chi connectivity index (χ3n) is 4.97. The number of unbranched alkanes of at least 4 members (excludes halogenated alkanes) is 3. The van der Waals surface area contributed by atoms with Crippen LogP contribution >= 0.6 is 15.9 Å². The molecule has 0 saturated carbocycles. The first-order chi connectivity index (χ1) is 14.2. The lowest BCUT2D eigenvalue weighted by Gasteiger charge is -2.17. The van der Waals surface area contributed by atoms with Crippen LogP contribution in [0.4, 0.5) is 0 Å². The van der Waals surface area contributed by atoms with Gasteiger partial charge in [0.05, 0.1) is 6.61 Å². The highest BCUT2D eigenvalue weighted by Gasteiger charge is 2.17. The van der Waals surface area contributed by atoms with E-state index in [2.05, 4.69) is 51.7 Å². The summed E-state index contributed by atoms with van der Waals surface area (Å²) in [4.78, 5) is 7.71. The second kappa shape index (κ2) is 11.2. The van der Waals surface area contributed by atoms with Gasteiger partial charge in [0.1, 0.15) is 18.1 Å². The molecule has 1 aliphatic rings. The molecule has 0 aliphatic carbocycles. The number of rotatable bonds is 11. The summed E-state index contributed by atoms with van der Waals surface area (Å²) in [5.74, 6) is 0.896. The molecule has 29 heavy (non-hydrogen) atoms. The molecule has 5 heteroatoms. The van der Waals surface area contributed by atoms with Crippen LogP contribution in [0, 0.1) is 0 Å². The van der Waals surface area contributed by atoms with Crippen LogP contribution in [0.25, 0.3) is 0 Å². The molecule has 0 saturated heterocycles. The number of likely N-dealkylation sites (N-methyl/N-ethyl adjacent to an activating group) is 1. The van der Waals surface area contributed by atoms with Crippen LogP contribution in [0.5, 0.6) is 5.75 Å². The lowest BCUT2D eigenvalue weighted by atomic mass is 9.97. The van der Waals surface area contributed by atoms with E-state index in [4.69, 9.17) is 9.57 Å². The molecular weight excluding hydrogens is 428 g/mol. The number of ether oxygens (including phenoxy) is 1. The predicted molar refractivity (Wildman–Crippen MR) is 123 cm³/mol. The fraction of sp³-hybridized carbons (Fsp3) is 0.375. The number of fused-ring (bicyclic) bond motifs is 1. The van der Waals surface area contributed by atoms with Crippen molar-refractivity contribution in [3.8, 4) is 5.75 Å². The standard InChI is InChI=1S/C24H29BrN2O2/c1-3-14-27(2)15-6-4-5-7-16-28-22-11-8-19(9-12-22)24-23-13-10-21(25)17-20(23)18-29-26-24/h3,8-13,17H,1,4-7,14-16,18H2,2H3. The number of hydrogen-bond acceptors (Lipinski definition) is 4. The van der Waals surface area contributed by atoms with E-state index >= 15 is 0 Å². The van der Waals surface area contributed by atoms with Crippen LogP contribution in [0.2, 0.25) is 0 Å². The fourth-order valence-electron chi connectivity index (χ4n) is 3.38. The molecule has 4 nitrogen and oxygen atoms in total. The minimum atomic E-state index is 0.504. The number of hydrogen-bond donors (Lipinski definition) is 0. The van der Waals surface area contributed by atoms with Crippen molar-refractivity contribution in [3.05, 3.63) is 76.3 Å². The van der Waals surface area contributed by atoms with Crippen molar-refractivity contribution in [1.82, 2.24) is 4.90 Å². The molecule has 3 rings (SSSR count). The van der Waals surface area contributed by atoms with E-state index < -0.39 is 0 Å². The lowest BCUT2D eigenvalue weighted by molar-refractivity contribution is 0.126. The van der Waals surface area contributed by atoms with E-state index in [1.54, 1.807) is 0 Å². The summed E-state index contributed by atoms with van der Waals surface area (Å²) in [6, 6.07) is 14.3. The second-order valence-electron chi connectivity index (χ2n) is 7.35. The molecule has 1 aliphatic heterocycles. The first-order valence-corrected chi connectivity index (χ1v) is 11.0. The maximum atomic E-state index is 5.90. The van der Waals surface area contributed by atoms with Gasteiger partial charge >= 0.3 is 0 Å². The van der Waals surface area contributed by atoms with Gasteiger partial charge in [0, 0.05) is 27.7 Å². The molecule has 0 bridgehead atoms. The van der Waals surface area contributed by atoms with Crippen LogP contribution in [0.1, 0.15) is 42.4 Å². The summed E-state index contributed by atoms with van der Waals surface area (Å²) in [6.07, 6.45) is 6.68. The number of benzene rings is 2. The van der Waals surface area contributed by atoms with Gasteiger partial charge in [-0.3, -0.25) is 0 Å². The smallest absolute Gasteiger partial charge is 0.143 e. The van der Waals surface area contributed by atoms with E-state index in [1.807, 2.05) is 36.4 Å². The maximum Gasteiger partial charge on any atom is 0.143 e. The molecular formula is C24H29BrN2O2. The Morgan fingerprint density at radius 3 is 2.72 bits per heavy atom. The maximum absolute atomic E-state index is 5.90. The minimum Gasteiger partial charge on any atom is -0.494 e. The van der Waals surface area contributed by atoms with Crippen LogP contribution in [-0.2, 0) is 11.4 Å². The van der Waals surface area contributed by atoms with E-state index in [0.717, 1.165) is 58.7 Å². The summed E-state index contributed by atoms with van der Waals surface area (Å²) in [5, 5.41) is 4.28. The Hall–Kier alpha value is -2.11. The zero-order valence-electron chi connectivity index (χ0n) is 17.1. The van der Waals surface area contributed by atoms with Gasteiger partial charge in [0.15, 0.2) is 0 Å². The van der Waals surface area contributed by atoms with E-state index in [9.17, 15) is 0 Å². The summed E-state index contributed by atoms with van der Waals surface area (Å²) in [6.45, 7) is 7.11. The van der Waals surface area contributed by atoms with Crippen LogP contribution < -0.4 is 4.74 Å². The summed E-state index contributed by atoms with van der Waals surface area (Å²) in [5.41, 5.74) is 4.16. The van der Waals surface area contributed by atoms with Crippen molar-refractivity contribution in [2.24, 2.45) is 5.16 Å². The van der Waals surface area contributed by atoms with E-state index in [-0.39, 0.29) is 0 Å². The molecule has 0 atom stereocenters. The molecule has 0 spiro atoms. The molecule has 0 amide bonds. The van der Waals surface area contributed by atoms with Crippen molar-refractivity contribution in [3.63, 3.8) is 0 Å². The van der Waals surface area contributed by atoms with Gasteiger partial charge in [0.25, 0.3) is 0 Å². The normalized spacial score (nSPS) is 12.9. The summed E-state index contributed by atoms with van der Waals surface area (Å²) in [7, 11) is 2.14. The highest BCUT2D eigenvalue weighted by Crippen LogP contribution is 2.25. The molecule has 0 N–H and O–H groups in total. The minimum absolute atomic E-state index is 0.504. The summed E-state index contributed by atoms with van der Waals surface area (Å²) >= 11 is 3.51. The monoisotopic (exact) mass is 456 g/mol. The Morgan fingerprint density at radius 1 is 1.14 bits per heavy atom. The van der Waals surface area contributed by atoms with Gasteiger partial charge in [-0.15, -0.1) is 6.58 Å². The van der Waals surface area contributed by atoms with Gasteiger partial charge in [-0.25, -0.2) is 0 Å². The number of nitrogens with zero attached hydrogens (tertiary/aromatic N) is 2. The van der Waals surface area contributed by atoms with Crippen molar-refractivity contribution < 1.29 is 9.57 Å². The Labute approximate surface area is 182 Å². The molecule has 0 radical (unpaired) electrons. The third kappa shape index (κ3) is 6.44. The average molecular weight is 457 g/mol. The van der Waals surface area contributed by atoms with E-state index in [0.29, 0.717) is 6.61 Å². The number of halogens is 1. The third-order valence-corrected chi connectivity index (χ3v) is 5.46. The topological polar surface area (TPSA) is 34.1 Å². The van der Waals surface area contributed by atoms with Gasteiger partial charge in [0.2, 0.25) is 0 Å².